The topological polar surface area (TPSA) is 32.3 Å². The highest BCUT2D eigenvalue weighted by Crippen LogP contribution is 2.44. The molecule has 1 aliphatic carbocycles. The fourth-order valence-corrected chi connectivity index (χ4v) is 3.96. The minimum absolute atomic E-state index is 0.298. The van der Waals surface area contributed by atoms with E-state index in [1.54, 1.807) is 0 Å². The lowest BCUT2D eigenvalue weighted by atomic mass is 9.76. The van der Waals surface area contributed by atoms with E-state index in [1.807, 2.05) is 0 Å². The predicted octanol–water partition coefficient (Wildman–Crippen LogP) is 1.82. The van der Waals surface area contributed by atoms with Gasteiger partial charge in [-0.05, 0) is 44.4 Å². The predicted molar refractivity (Wildman–Crippen MR) is 56.1 cm³/mol. The summed E-state index contributed by atoms with van der Waals surface area (Å²) in [5.74, 6) is 0.618. The van der Waals surface area contributed by atoms with E-state index in [0.29, 0.717) is 18.0 Å². The van der Waals surface area contributed by atoms with Gasteiger partial charge in [0.05, 0.1) is 5.60 Å². The van der Waals surface area contributed by atoms with Crippen molar-refractivity contribution in [1.82, 2.24) is 5.32 Å². The molecule has 2 heterocycles. The number of aliphatic hydroxyl groups is 1. The third-order valence-electron chi connectivity index (χ3n) is 4.65. The van der Waals surface area contributed by atoms with Gasteiger partial charge in [-0.3, -0.25) is 0 Å². The molecule has 2 unspecified atom stereocenters. The Balaban J connectivity index is 1.75. The lowest BCUT2D eigenvalue weighted by molar-refractivity contribution is -0.0553. The molecule has 2 aliphatic heterocycles. The summed E-state index contributed by atoms with van der Waals surface area (Å²) in [5.41, 5.74) is -0.298. The molecule has 2 saturated heterocycles. The summed E-state index contributed by atoms with van der Waals surface area (Å²) in [5, 5.41) is 14.3. The van der Waals surface area contributed by atoms with Crippen LogP contribution in [0.2, 0.25) is 0 Å². The number of hydrogen-bond donors (Lipinski definition) is 2. The van der Waals surface area contributed by atoms with Crippen LogP contribution >= 0.6 is 0 Å². The number of rotatable bonds is 1. The van der Waals surface area contributed by atoms with Gasteiger partial charge in [0.25, 0.3) is 0 Å². The number of fused-ring (bicyclic) bond motifs is 2. The first-order chi connectivity index (χ1) is 6.76. The van der Waals surface area contributed by atoms with Crippen molar-refractivity contribution in [2.24, 2.45) is 5.92 Å². The summed E-state index contributed by atoms with van der Waals surface area (Å²) in [6.07, 6.45) is 9.86. The first-order valence-corrected chi connectivity index (χ1v) is 6.25. The van der Waals surface area contributed by atoms with Crippen LogP contribution < -0.4 is 5.32 Å². The van der Waals surface area contributed by atoms with Crippen molar-refractivity contribution >= 4 is 0 Å². The van der Waals surface area contributed by atoms with Gasteiger partial charge < -0.3 is 10.4 Å². The van der Waals surface area contributed by atoms with E-state index in [9.17, 15) is 5.11 Å². The van der Waals surface area contributed by atoms with Crippen molar-refractivity contribution < 1.29 is 5.11 Å². The third kappa shape index (κ3) is 1.40. The molecule has 2 heteroatoms. The number of piperidine rings is 1. The van der Waals surface area contributed by atoms with Gasteiger partial charge >= 0.3 is 0 Å². The Hall–Kier alpha value is -0.0800. The second kappa shape index (κ2) is 3.21. The zero-order valence-corrected chi connectivity index (χ0v) is 8.84. The van der Waals surface area contributed by atoms with E-state index in [0.717, 1.165) is 12.8 Å². The van der Waals surface area contributed by atoms with Gasteiger partial charge in [0.1, 0.15) is 0 Å². The average molecular weight is 195 g/mol. The van der Waals surface area contributed by atoms with E-state index >= 15 is 0 Å². The highest BCUT2D eigenvalue weighted by molar-refractivity contribution is 5.03. The molecule has 2 N–H and O–H groups in total. The van der Waals surface area contributed by atoms with E-state index in [4.69, 9.17) is 0 Å². The minimum Gasteiger partial charge on any atom is -0.389 e. The summed E-state index contributed by atoms with van der Waals surface area (Å²) in [4.78, 5) is 0. The number of nitrogens with one attached hydrogen (secondary N) is 1. The molecule has 2 bridgehead atoms. The van der Waals surface area contributed by atoms with Crippen LogP contribution in [0.25, 0.3) is 0 Å². The third-order valence-corrected chi connectivity index (χ3v) is 4.65. The van der Waals surface area contributed by atoms with Crippen molar-refractivity contribution in [3.63, 3.8) is 0 Å². The maximum atomic E-state index is 10.7. The number of hydrogen-bond acceptors (Lipinski definition) is 2. The van der Waals surface area contributed by atoms with Gasteiger partial charge in [-0.15, -0.1) is 0 Å². The minimum atomic E-state index is -0.298. The Kier molecular flexibility index (Phi) is 2.10. The zero-order chi connectivity index (χ0) is 9.60. The van der Waals surface area contributed by atoms with Crippen molar-refractivity contribution in [3.8, 4) is 0 Å². The molecule has 3 aliphatic rings. The van der Waals surface area contributed by atoms with Crippen LogP contribution in [-0.2, 0) is 0 Å². The summed E-state index contributed by atoms with van der Waals surface area (Å²) < 4.78 is 0. The molecule has 3 rings (SSSR count). The molecule has 0 spiro atoms. The molecule has 14 heavy (non-hydrogen) atoms. The molecule has 2 nitrogen and oxygen atoms in total. The van der Waals surface area contributed by atoms with Crippen LogP contribution in [0.15, 0.2) is 0 Å². The van der Waals surface area contributed by atoms with E-state index in [2.05, 4.69) is 5.32 Å². The fourth-order valence-electron chi connectivity index (χ4n) is 3.96. The van der Waals surface area contributed by atoms with Crippen LogP contribution in [0.4, 0.5) is 0 Å². The maximum Gasteiger partial charge on any atom is 0.0705 e. The van der Waals surface area contributed by atoms with E-state index < -0.39 is 0 Å². The van der Waals surface area contributed by atoms with Crippen LogP contribution in [0.5, 0.6) is 0 Å². The maximum absolute atomic E-state index is 10.7. The van der Waals surface area contributed by atoms with Crippen molar-refractivity contribution in [2.45, 2.75) is 69.1 Å². The highest BCUT2D eigenvalue weighted by Gasteiger charge is 2.47. The summed E-state index contributed by atoms with van der Waals surface area (Å²) in [7, 11) is 0. The normalized spacial score (nSPS) is 48.6. The Bertz CT molecular complexity index is 210. The quantitative estimate of drug-likeness (QED) is 0.669. The monoisotopic (exact) mass is 195 g/mol. The summed E-state index contributed by atoms with van der Waals surface area (Å²) >= 11 is 0. The molecule has 0 aromatic rings. The van der Waals surface area contributed by atoms with Crippen LogP contribution in [0, 0.1) is 5.92 Å². The molecule has 2 atom stereocenters. The molecule has 0 radical (unpaired) electrons. The Morgan fingerprint density at radius 1 is 0.929 bits per heavy atom. The van der Waals surface area contributed by atoms with Gasteiger partial charge in [-0.2, -0.15) is 0 Å². The van der Waals surface area contributed by atoms with Gasteiger partial charge in [0.2, 0.25) is 0 Å². The van der Waals surface area contributed by atoms with Crippen molar-refractivity contribution in [2.75, 3.05) is 0 Å². The largest absolute Gasteiger partial charge is 0.389 e. The van der Waals surface area contributed by atoms with E-state index in [1.165, 1.54) is 38.5 Å². The Morgan fingerprint density at radius 2 is 1.50 bits per heavy atom. The Labute approximate surface area is 86.1 Å². The van der Waals surface area contributed by atoms with Crippen LogP contribution in [-0.4, -0.2) is 22.8 Å². The lowest BCUT2D eigenvalue weighted by Gasteiger charge is -2.41. The molecular formula is C12H21NO. The standard InChI is InChI=1S/C12H21NO/c14-12(9-3-1-2-4-9)7-10-5-6-11(8-12)13-10/h9-11,13-14H,1-8H2. The zero-order valence-electron chi connectivity index (χ0n) is 8.84. The highest BCUT2D eigenvalue weighted by atomic mass is 16.3. The molecule has 0 aromatic heterocycles. The average Bonchev–Trinajstić information content (AvgIpc) is 2.75. The van der Waals surface area contributed by atoms with Gasteiger partial charge in [0, 0.05) is 12.1 Å². The lowest BCUT2D eigenvalue weighted by Crippen LogP contribution is -2.51. The molecule has 0 amide bonds. The van der Waals surface area contributed by atoms with Gasteiger partial charge in [-0.25, -0.2) is 0 Å². The molecule has 1 saturated carbocycles. The summed E-state index contributed by atoms with van der Waals surface area (Å²) in [6, 6.07) is 1.25. The van der Waals surface area contributed by atoms with Crippen LogP contribution in [0.3, 0.4) is 0 Å². The summed E-state index contributed by atoms with van der Waals surface area (Å²) in [6.45, 7) is 0. The fraction of sp³-hybridized carbons (Fsp3) is 1.00. The smallest absolute Gasteiger partial charge is 0.0705 e. The van der Waals surface area contributed by atoms with Crippen molar-refractivity contribution in [3.05, 3.63) is 0 Å². The first kappa shape index (κ1) is 9.17. The second-order valence-corrected chi connectivity index (χ2v) is 5.63. The second-order valence-electron chi connectivity index (χ2n) is 5.63. The molecule has 3 fully saturated rings. The van der Waals surface area contributed by atoms with Gasteiger partial charge in [-0.1, -0.05) is 12.8 Å². The molecule has 0 aromatic carbocycles. The van der Waals surface area contributed by atoms with Gasteiger partial charge in [0.15, 0.2) is 0 Å². The van der Waals surface area contributed by atoms with E-state index in [-0.39, 0.29) is 5.60 Å². The molecular weight excluding hydrogens is 174 g/mol. The van der Waals surface area contributed by atoms with Crippen LogP contribution in [0.1, 0.15) is 51.4 Å². The molecule has 80 valence electrons. The van der Waals surface area contributed by atoms with Crippen molar-refractivity contribution in [1.29, 1.82) is 0 Å². The first-order valence-electron chi connectivity index (χ1n) is 6.25. The SMILES string of the molecule is OC1(C2CCCC2)CC2CCC(C1)N2. The Morgan fingerprint density at radius 3 is 2.07 bits per heavy atom.